The number of nitrogens with zero attached hydrogens (tertiary/aromatic N) is 2. The minimum Gasteiger partial charge on any atom is -0.270 e. The van der Waals surface area contributed by atoms with E-state index in [4.69, 9.17) is 23.2 Å². The molecule has 1 aromatic carbocycles. The average molecular weight is 329 g/mol. The van der Waals surface area contributed by atoms with E-state index in [-0.39, 0.29) is 5.82 Å². The van der Waals surface area contributed by atoms with Gasteiger partial charge in [-0.05, 0) is 37.6 Å². The third-order valence-corrected chi connectivity index (χ3v) is 4.68. The lowest BCUT2D eigenvalue weighted by Gasteiger charge is -2.29. The van der Waals surface area contributed by atoms with Gasteiger partial charge in [-0.25, -0.2) is 4.39 Å². The van der Waals surface area contributed by atoms with Gasteiger partial charge in [-0.3, -0.25) is 4.68 Å². The van der Waals surface area contributed by atoms with Crippen molar-refractivity contribution in [1.29, 1.82) is 0 Å². The van der Waals surface area contributed by atoms with Crippen LogP contribution in [0.3, 0.4) is 0 Å². The summed E-state index contributed by atoms with van der Waals surface area (Å²) < 4.78 is 15.4. The first-order chi connectivity index (χ1) is 10.0. The van der Waals surface area contributed by atoms with Gasteiger partial charge in [-0.1, -0.05) is 12.1 Å². The Hall–Kier alpha value is -1.06. The smallest absolute Gasteiger partial charge is 0.123 e. The van der Waals surface area contributed by atoms with Crippen molar-refractivity contribution in [3.05, 3.63) is 53.6 Å². The molecular weight excluding hydrogens is 310 g/mol. The van der Waals surface area contributed by atoms with E-state index < -0.39 is 5.41 Å². The van der Waals surface area contributed by atoms with Crippen LogP contribution < -0.4 is 0 Å². The molecule has 0 fully saturated rings. The lowest BCUT2D eigenvalue weighted by atomic mass is 9.80. The lowest BCUT2D eigenvalue weighted by Crippen LogP contribution is -2.33. The highest BCUT2D eigenvalue weighted by Gasteiger charge is 2.32. The van der Waals surface area contributed by atoms with Crippen LogP contribution >= 0.6 is 23.2 Å². The minimum atomic E-state index is -0.513. The molecule has 0 saturated heterocycles. The van der Waals surface area contributed by atoms with Crippen LogP contribution in [0.15, 0.2) is 36.5 Å². The van der Waals surface area contributed by atoms with Crippen molar-refractivity contribution in [2.24, 2.45) is 0 Å². The second-order valence-electron chi connectivity index (χ2n) is 5.62. The van der Waals surface area contributed by atoms with Gasteiger partial charge in [0.2, 0.25) is 0 Å². The number of rotatable bonds is 6. The van der Waals surface area contributed by atoms with Gasteiger partial charge in [0.05, 0.1) is 5.69 Å². The highest BCUT2D eigenvalue weighted by atomic mass is 35.5. The van der Waals surface area contributed by atoms with E-state index in [0.717, 1.165) is 11.3 Å². The zero-order chi connectivity index (χ0) is 15.5. The highest BCUT2D eigenvalue weighted by molar-refractivity contribution is 6.22. The van der Waals surface area contributed by atoms with Crippen LogP contribution in [0, 0.1) is 5.82 Å². The molecule has 0 spiro atoms. The van der Waals surface area contributed by atoms with Crippen LogP contribution in [-0.2, 0) is 11.8 Å². The first-order valence-corrected chi connectivity index (χ1v) is 7.99. The molecule has 0 aliphatic carbocycles. The molecule has 0 aliphatic rings. The van der Waals surface area contributed by atoms with Crippen molar-refractivity contribution in [2.45, 2.75) is 31.7 Å². The third-order valence-electron chi connectivity index (χ3n) is 3.66. The average Bonchev–Trinajstić information content (AvgIpc) is 2.93. The molecule has 0 atom stereocenters. The molecular formula is C16H19Cl2FN2. The van der Waals surface area contributed by atoms with E-state index in [1.807, 2.05) is 23.0 Å². The van der Waals surface area contributed by atoms with Gasteiger partial charge in [0.1, 0.15) is 5.82 Å². The van der Waals surface area contributed by atoms with E-state index in [1.165, 1.54) is 12.1 Å². The maximum atomic E-state index is 13.5. The Morgan fingerprint density at radius 2 is 1.95 bits per heavy atom. The summed E-state index contributed by atoms with van der Waals surface area (Å²) in [5, 5.41) is 4.54. The molecule has 0 aliphatic heterocycles. The second kappa shape index (κ2) is 6.80. The lowest BCUT2D eigenvalue weighted by molar-refractivity contribution is 0.493. The standard InChI is InChI=1S/C16H19Cl2FN2/c1-12(2)21-7-6-15(20-21)9-16(10-17,11-18)13-4-3-5-14(19)8-13/h3-8,12H,9-11H2,1-2H3. The van der Waals surface area contributed by atoms with E-state index in [1.54, 1.807) is 6.07 Å². The van der Waals surface area contributed by atoms with Crippen LogP contribution in [-0.4, -0.2) is 21.5 Å². The predicted octanol–water partition coefficient (Wildman–Crippen LogP) is 4.56. The van der Waals surface area contributed by atoms with Crippen molar-refractivity contribution in [1.82, 2.24) is 9.78 Å². The Kier molecular flexibility index (Phi) is 5.28. The number of hydrogen-bond acceptors (Lipinski definition) is 1. The summed E-state index contributed by atoms with van der Waals surface area (Å²) in [6.07, 6.45) is 2.53. The number of alkyl halides is 2. The summed E-state index contributed by atoms with van der Waals surface area (Å²) in [5.74, 6) is 0.350. The van der Waals surface area contributed by atoms with Crippen molar-refractivity contribution >= 4 is 23.2 Å². The fraction of sp³-hybridized carbons (Fsp3) is 0.438. The van der Waals surface area contributed by atoms with E-state index in [2.05, 4.69) is 18.9 Å². The van der Waals surface area contributed by atoms with Crippen LogP contribution in [0.4, 0.5) is 4.39 Å². The van der Waals surface area contributed by atoms with Crippen molar-refractivity contribution in [3.63, 3.8) is 0 Å². The normalized spacial score (nSPS) is 12.1. The molecule has 2 nitrogen and oxygen atoms in total. The Balaban J connectivity index is 2.33. The molecule has 0 bridgehead atoms. The van der Waals surface area contributed by atoms with E-state index in [0.29, 0.717) is 24.2 Å². The van der Waals surface area contributed by atoms with Gasteiger partial charge in [-0.2, -0.15) is 5.10 Å². The summed E-state index contributed by atoms with van der Waals surface area (Å²) in [6, 6.07) is 8.74. The van der Waals surface area contributed by atoms with E-state index >= 15 is 0 Å². The number of hydrogen-bond donors (Lipinski definition) is 0. The van der Waals surface area contributed by atoms with Gasteiger partial charge in [0, 0.05) is 35.8 Å². The molecule has 5 heteroatoms. The SMILES string of the molecule is CC(C)n1ccc(CC(CCl)(CCl)c2cccc(F)c2)n1. The fourth-order valence-electron chi connectivity index (χ4n) is 2.31. The van der Waals surface area contributed by atoms with Gasteiger partial charge in [0.25, 0.3) is 0 Å². The molecule has 0 radical (unpaired) electrons. The number of aromatic nitrogens is 2. The third kappa shape index (κ3) is 3.58. The Morgan fingerprint density at radius 3 is 2.48 bits per heavy atom. The molecule has 0 amide bonds. The zero-order valence-corrected chi connectivity index (χ0v) is 13.7. The van der Waals surface area contributed by atoms with Crippen LogP contribution in [0.25, 0.3) is 0 Å². The maximum absolute atomic E-state index is 13.5. The molecule has 2 rings (SSSR count). The van der Waals surface area contributed by atoms with Crippen LogP contribution in [0.5, 0.6) is 0 Å². The summed E-state index contributed by atoms with van der Waals surface area (Å²) in [7, 11) is 0. The first-order valence-electron chi connectivity index (χ1n) is 6.93. The molecule has 21 heavy (non-hydrogen) atoms. The zero-order valence-electron chi connectivity index (χ0n) is 12.2. The Bertz CT molecular complexity index is 591. The topological polar surface area (TPSA) is 17.8 Å². The summed E-state index contributed by atoms with van der Waals surface area (Å²) >= 11 is 12.4. The molecule has 0 saturated carbocycles. The summed E-state index contributed by atoms with van der Waals surface area (Å²) in [4.78, 5) is 0. The largest absolute Gasteiger partial charge is 0.270 e. The predicted molar refractivity (Wildman–Crippen MR) is 85.8 cm³/mol. The maximum Gasteiger partial charge on any atom is 0.123 e. The van der Waals surface area contributed by atoms with Crippen molar-refractivity contribution in [3.8, 4) is 0 Å². The molecule has 114 valence electrons. The quantitative estimate of drug-likeness (QED) is 0.710. The van der Waals surface area contributed by atoms with Gasteiger partial charge < -0.3 is 0 Å². The first kappa shape index (κ1) is 16.3. The van der Waals surface area contributed by atoms with Gasteiger partial charge >= 0.3 is 0 Å². The number of halogens is 3. The highest BCUT2D eigenvalue weighted by Crippen LogP contribution is 2.31. The van der Waals surface area contributed by atoms with Gasteiger partial charge in [-0.15, -0.1) is 23.2 Å². The van der Waals surface area contributed by atoms with Crippen LogP contribution in [0.2, 0.25) is 0 Å². The molecule has 0 N–H and O–H groups in total. The van der Waals surface area contributed by atoms with Crippen molar-refractivity contribution in [2.75, 3.05) is 11.8 Å². The fourth-order valence-corrected chi connectivity index (χ4v) is 3.09. The second-order valence-corrected chi connectivity index (χ2v) is 6.15. The minimum absolute atomic E-state index is 0.278. The van der Waals surface area contributed by atoms with E-state index in [9.17, 15) is 4.39 Å². The van der Waals surface area contributed by atoms with Gasteiger partial charge in [0.15, 0.2) is 0 Å². The summed E-state index contributed by atoms with van der Waals surface area (Å²) in [6.45, 7) is 4.14. The Labute approximate surface area is 134 Å². The van der Waals surface area contributed by atoms with Crippen molar-refractivity contribution < 1.29 is 4.39 Å². The summed E-state index contributed by atoms with van der Waals surface area (Å²) in [5.41, 5.74) is 1.21. The van der Waals surface area contributed by atoms with Crippen LogP contribution in [0.1, 0.15) is 31.1 Å². The monoisotopic (exact) mass is 328 g/mol. The molecule has 0 unspecified atom stereocenters. The molecule has 1 heterocycles. The Morgan fingerprint density at radius 1 is 1.24 bits per heavy atom. The molecule has 1 aromatic heterocycles. The number of benzene rings is 1. The molecule has 2 aromatic rings.